The second-order valence-corrected chi connectivity index (χ2v) is 5.80. The van der Waals surface area contributed by atoms with E-state index in [1.54, 1.807) is 19.1 Å². The molecule has 5 heteroatoms. The van der Waals surface area contributed by atoms with Gasteiger partial charge in [-0.3, -0.25) is 4.79 Å². The fraction of sp³-hybridized carbons (Fsp3) is 0.263. The van der Waals surface area contributed by atoms with Gasteiger partial charge in [0.05, 0.1) is 17.6 Å². The average Bonchev–Trinajstić information content (AvgIpc) is 2.92. The minimum Gasteiger partial charge on any atom is -0.367 e. The van der Waals surface area contributed by atoms with Crippen molar-refractivity contribution < 1.29 is 9.53 Å². The Kier molecular flexibility index (Phi) is 4.62. The van der Waals surface area contributed by atoms with Crippen molar-refractivity contribution in [3.8, 4) is 0 Å². The van der Waals surface area contributed by atoms with Gasteiger partial charge in [0.2, 0.25) is 0 Å². The SMILES string of the molecule is COC(C(=O)N(C)Cc1nc2ccccc2n1C)c1ccccc1. The van der Waals surface area contributed by atoms with Crippen LogP contribution >= 0.6 is 0 Å². The van der Waals surface area contributed by atoms with Crippen molar-refractivity contribution in [3.63, 3.8) is 0 Å². The molecule has 3 aromatic rings. The lowest BCUT2D eigenvalue weighted by Crippen LogP contribution is -2.33. The van der Waals surface area contributed by atoms with Gasteiger partial charge in [-0.2, -0.15) is 0 Å². The van der Waals surface area contributed by atoms with Gasteiger partial charge in [0.15, 0.2) is 6.10 Å². The maximum Gasteiger partial charge on any atom is 0.256 e. The van der Waals surface area contributed by atoms with Crippen LogP contribution in [0.3, 0.4) is 0 Å². The number of carbonyl (C=O) groups excluding carboxylic acids is 1. The van der Waals surface area contributed by atoms with Crippen molar-refractivity contribution >= 4 is 16.9 Å². The molecule has 1 aromatic heterocycles. The van der Waals surface area contributed by atoms with Crippen molar-refractivity contribution in [2.75, 3.05) is 14.2 Å². The predicted molar refractivity (Wildman–Crippen MR) is 93.4 cm³/mol. The Hall–Kier alpha value is -2.66. The second kappa shape index (κ2) is 6.84. The van der Waals surface area contributed by atoms with Crippen LogP contribution in [0.4, 0.5) is 0 Å². The molecule has 0 aliphatic heterocycles. The second-order valence-electron chi connectivity index (χ2n) is 5.80. The third-order valence-corrected chi connectivity index (χ3v) is 4.20. The first-order chi connectivity index (χ1) is 11.6. The molecule has 1 unspecified atom stereocenters. The van der Waals surface area contributed by atoms with Crippen LogP contribution in [0.2, 0.25) is 0 Å². The maximum absolute atomic E-state index is 12.8. The van der Waals surface area contributed by atoms with Gasteiger partial charge in [0.25, 0.3) is 5.91 Å². The zero-order valence-corrected chi connectivity index (χ0v) is 14.1. The quantitative estimate of drug-likeness (QED) is 0.725. The molecule has 5 nitrogen and oxygen atoms in total. The zero-order valence-electron chi connectivity index (χ0n) is 14.1. The average molecular weight is 323 g/mol. The fourth-order valence-corrected chi connectivity index (χ4v) is 2.83. The van der Waals surface area contributed by atoms with Crippen LogP contribution < -0.4 is 0 Å². The number of benzene rings is 2. The summed E-state index contributed by atoms with van der Waals surface area (Å²) in [6.07, 6.45) is -0.606. The largest absolute Gasteiger partial charge is 0.367 e. The number of rotatable bonds is 5. The van der Waals surface area contributed by atoms with Gasteiger partial charge < -0.3 is 14.2 Å². The summed E-state index contributed by atoms with van der Waals surface area (Å²) in [7, 11) is 5.29. The molecule has 124 valence electrons. The molecular formula is C19H21N3O2. The molecule has 0 bridgehead atoms. The van der Waals surface area contributed by atoms with Gasteiger partial charge in [-0.1, -0.05) is 42.5 Å². The number of imidazole rings is 1. The molecule has 1 heterocycles. The van der Waals surface area contributed by atoms with E-state index in [-0.39, 0.29) is 5.91 Å². The van der Waals surface area contributed by atoms with E-state index >= 15 is 0 Å². The van der Waals surface area contributed by atoms with Gasteiger partial charge in [-0.25, -0.2) is 4.98 Å². The highest BCUT2D eigenvalue weighted by Crippen LogP contribution is 2.20. The summed E-state index contributed by atoms with van der Waals surface area (Å²) in [6, 6.07) is 17.5. The van der Waals surface area contributed by atoms with E-state index in [0.29, 0.717) is 6.54 Å². The molecular weight excluding hydrogens is 302 g/mol. The Morgan fingerprint density at radius 3 is 2.50 bits per heavy atom. The Morgan fingerprint density at radius 1 is 1.17 bits per heavy atom. The molecule has 24 heavy (non-hydrogen) atoms. The fourth-order valence-electron chi connectivity index (χ4n) is 2.83. The van der Waals surface area contributed by atoms with Crippen molar-refractivity contribution in [3.05, 3.63) is 66.0 Å². The van der Waals surface area contributed by atoms with Crippen molar-refractivity contribution in [2.24, 2.45) is 7.05 Å². The molecule has 0 N–H and O–H groups in total. The van der Waals surface area contributed by atoms with E-state index in [0.717, 1.165) is 22.4 Å². The summed E-state index contributed by atoms with van der Waals surface area (Å²) in [5.41, 5.74) is 2.84. The van der Waals surface area contributed by atoms with E-state index < -0.39 is 6.10 Å². The number of ether oxygens (including phenoxy) is 1. The Bertz CT molecular complexity index is 842. The zero-order chi connectivity index (χ0) is 17.1. The van der Waals surface area contributed by atoms with E-state index in [2.05, 4.69) is 4.98 Å². The third-order valence-electron chi connectivity index (χ3n) is 4.20. The highest BCUT2D eigenvalue weighted by molar-refractivity contribution is 5.82. The van der Waals surface area contributed by atoms with Crippen molar-refractivity contribution in [1.82, 2.24) is 14.5 Å². The minimum atomic E-state index is -0.606. The summed E-state index contributed by atoms with van der Waals surface area (Å²) >= 11 is 0. The first kappa shape index (κ1) is 16.2. The van der Waals surface area contributed by atoms with Crippen LogP contribution in [-0.2, 0) is 23.1 Å². The Balaban J connectivity index is 1.81. The highest BCUT2D eigenvalue weighted by atomic mass is 16.5. The number of nitrogens with zero attached hydrogens (tertiary/aromatic N) is 3. The molecule has 0 aliphatic carbocycles. The van der Waals surface area contributed by atoms with Crippen LogP contribution in [-0.4, -0.2) is 34.5 Å². The maximum atomic E-state index is 12.8. The molecule has 3 rings (SSSR count). The molecule has 0 radical (unpaired) electrons. The lowest BCUT2D eigenvalue weighted by molar-refractivity contribution is -0.141. The lowest BCUT2D eigenvalue weighted by atomic mass is 10.1. The van der Waals surface area contributed by atoms with E-state index in [1.165, 1.54) is 0 Å². The van der Waals surface area contributed by atoms with Crippen LogP contribution in [0.15, 0.2) is 54.6 Å². The molecule has 0 spiro atoms. The van der Waals surface area contributed by atoms with Crippen LogP contribution in [0.5, 0.6) is 0 Å². The normalized spacial score (nSPS) is 12.3. The smallest absolute Gasteiger partial charge is 0.256 e. The number of likely N-dealkylation sites (N-methyl/N-ethyl adjacent to an activating group) is 1. The minimum absolute atomic E-state index is 0.0873. The standard InChI is InChI=1S/C19H21N3O2/c1-21(19(23)18(24-3)14-9-5-4-6-10-14)13-17-20-15-11-7-8-12-16(15)22(17)2/h4-12,18H,13H2,1-3H3. The monoisotopic (exact) mass is 323 g/mol. The van der Waals surface area contributed by atoms with Crippen molar-refractivity contribution in [1.29, 1.82) is 0 Å². The van der Waals surface area contributed by atoms with E-state index in [1.807, 2.05) is 66.2 Å². The van der Waals surface area contributed by atoms with Crippen LogP contribution in [0.1, 0.15) is 17.5 Å². The molecule has 0 aliphatic rings. The van der Waals surface area contributed by atoms with Gasteiger partial charge in [0.1, 0.15) is 5.82 Å². The van der Waals surface area contributed by atoms with Crippen molar-refractivity contribution in [2.45, 2.75) is 12.6 Å². The molecule has 1 amide bonds. The van der Waals surface area contributed by atoms with Crippen LogP contribution in [0.25, 0.3) is 11.0 Å². The number of carbonyl (C=O) groups is 1. The van der Waals surface area contributed by atoms with E-state index in [4.69, 9.17) is 4.74 Å². The first-order valence-electron chi connectivity index (χ1n) is 7.85. The number of fused-ring (bicyclic) bond motifs is 1. The summed E-state index contributed by atoms with van der Waals surface area (Å²) in [4.78, 5) is 19.0. The van der Waals surface area contributed by atoms with E-state index in [9.17, 15) is 4.79 Å². The molecule has 0 saturated heterocycles. The predicted octanol–water partition coefficient (Wildman–Crippen LogP) is 2.92. The number of methoxy groups -OCH3 is 1. The topological polar surface area (TPSA) is 47.4 Å². The number of aromatic nitrogens is 2. The summed E-state index contributed by atoms with van der Waals surface area (Å²) in [5, 5.41) is 0. The number of aryl methyl sites for hydroxylation is 1. The number of hydrogen-bond acceptors (Lipinski definition) is 3. The summed E-state index contributed by atoms with van der Waals surface area (Å²) < 4.78 is 7.45. The van der Waals surface area contributed by atoms with Gasteiger partial charge in [0, 0.05) is 21.2 Å². The summed E-state index contributed by atoms with van der Waals surface area (Å²) in [5.74, 6) is 0.755. The summed E-state index contributed by atoms with van der Waals surface area (Å²) in [6.45, 7) is 0.427. The Labute approximate surface area is 141 Å². The molecule has 2 aromatic carbocycles. The van der Waals surface area contributed by atoms with Gasteiger partial charge in [-0.05, 0) is 17.7 Å². The Morgan fingerprint density at radius 2 is 1.83 bits per heavy atom. The highest BCUT2D eigenvalue weighted by Gasteiger charge is 2.24. The number of para-hydroxylation sites is 2. The molecule has 0 fully saturated rings. The van der Waals surface area contributed by atoms with Gasteiger partial charge in [-0.15, -0.1) is 0 Å². The number of hydrogen-bond donors (Lipinski definition) is 0. The molecule has 1 atom stereocenters. The number of amides is 1. The third kappa shape index (κ3) is 3.03. The van der Waals surface area contributed by atoms with Crippen LogP contribution in [0, 0.1) is 0 Å². The first-order valence-corrected chi connectivity index (χ1v) is 7.85. The van der Waals surface area contributed by atoms with Gasteiger partial charge >= 0.3 is 0 Å². The molecule has 0 saturated carbocycles. The lowest BCUT2D eigenvalue weighted by Gasteiger charge is -2.23.